The molecule has 1 aliphatic heterocycles. The summed E-state index contributed by atoms with van der Waals surface area (Å²) in [6.45, 7) is 0. The van der Waals surface area contributed by atoms with E-state index in [-0.39, 0.29) is 6.04 Å². The Bertz CT molecular complexity index is 1150. The molecule has 2 atom stereocenters. The van der Waals surface area contributed by atoms with E-state index in [4.69, 9.17) is 4.99 Å². The highest BCUT2D eigenvalue weighted by molar-refractivity contribution is 8.16. The van der Waals surface area contributed by atoms with Gasteiger partial charge in [0, 0.05) is 16.3 Å². The SMILES string of the molecule is N#CC(C1=NC2C=CC=CC2S1)=c1[nH]c2cccc3cccc1c32. The van der Waals surface area contributed by atoms with Gasteiger partial charge in [0.1, 0.15) is 16.7 Å². The Hall–Kier alpha value is -2.77. The van der Waals surface area contributed by atoms with Gasteiger partial charge < -0.3 is 4.98 Å². The summed E-state index contributed by atoms with van der Waals surface area (Å²) >= 11 is 1.67. The molecule has 0 spiro atoms. The lowest BCUT2D eigenvalue weighted by atomic mass is 10.1. The summed E-state index contributed by atoms with van der Waals surface area (Å²) in [7, 11) is 0. The maximum atomic E-state index is 9.84. The molecular formula is C20H13N3S. The number of benzene rings is 2. The molecule has 2 aliphatic rings. The Labute approximate surface area is 143 Å². The summed E-state index contributed by atoms with van der Waals surface area (Å²) in [5.41, 5.74) is 1.70. The van der Waals surface area contributed by atoms with Crippen LogP contribution in [0.15, 0.2) is 65.7 Å². The second-order valence-electron chi connectivity index (χ2n) is 5.97. The molecule has 2 unspecified atom stereocenters. The van der Waals surface area contributed by atoms with E-state index in [1.54, 1.807) is 11.8 Å². The lowest BCUT2D eigenvalue weighted by molar-refractivity contribution is 0.862. The molecule has 1 N–H and O–H groups in total. The first-order valence-corrected chi connectivity index (χ1v) is 8.76. The zero-order chi connectivity index (χ0) is 16.1. The van der Waals surface area contributed by atoms with E-state index in [2.05, 4.69) is 53.5 Å². The van der Waals surface area contributed by atoms with Crippen LogP contribution in [0.2, 0.25) is 0 Å². The maximum absolute atomic E-state index is 9.84. The first-order valence-electron chi connectivity index (χ1n) is 7.88. The zero-order valence-electron chi connectivity index (χ0n) is 12.7. The molecule has 114 valence electrons. The number of rotatable bonds is 1. The number of thioether (sulfide) groups is 1. The first-order chi connectivity index (χ1) is 11.8. The van der Waals surface area contributed by atoms with Gasteiger partial charge >= 0.3 is 0 Å². The smallest absolute Gasteiger partial charge is 0.112 e. The van der Waals surface area contributed by atoms with Crippen LogP contribution in [-0.2, 0) is 0 Å². The molecule has 0 bridgehead atoms. The summed E-state index contributed by atoms with van der Waals surface area (Å²) in [6, 6.07) is 14.9. The molecule has 2 heterocycles. The molecule has 2 aromatic carbocycles. The van der Waals surface area contributed by atoms with E-state index in [0.717, 1.165) is 21.3 Å². The molecule has 0 saturated heterocycles. The maximum Gasteiger partial charge on any atom is 0.112 e. The van der Waals surface area contributed by atoms with Crippen molar-refractivity contribution in [3.63, 3.8) is 0 Å². The van der Waals surface area contributed by atoms with Crippen LogP contribution in [0.4, 0.5) is 0 Å². The van der Waals surface area contributed by atoms with Gasteiger partial charge in [0.05, 0.1) is 16.6 Å². The average molecular weight is 327 g/mol. The fraction of sp³-hybridized carbons (Fsp3) is 0.100. The molecule has 3 nitrogen and oxygen atoms in total. The number of aliphatic imine (C=N–C) groups is 1. The normalized spacial score (nSPS) is 23.4. The third kappa shape index (κ3) is 1.88. The van der Waals surface area contributed by atoms with E-state index in [1.807, 2.05) is 18.2 Å². The van der Waals surface area contributed by atoms with Crippen molar-refractivity contribution in [2.45, 2.75) is 11.3 Å². The summed E-state index contributed by atoms with van der Waals surface area (Å²) in [5, 5.41) is 15.3. The van der Waals surface area contributed by atoms with Crippen LogP contribution in [0.5, 0.6) is 0 Å². The Balaban J connectivity index is 1.80. The van der Waals surface area contributed by atoms with Crippen molar-refractivity contribution in [1.82, 2.24) is 4.98 Å². The van der Waals surface area contributed by atoms with Gasteiger partial charge in [0.15, 0.2) is 0 Å². The number of aromatic nitrogens is 1. The van der Waals surface area contributed by atoms with Crippen LogP contribution in [0.1, 0.15) is 0 Å². The van der Waals surface area contributed by atoms with Gasteiger partial charge in [0.25, 0.3) is 0 Å². The third-order valence-electron chi connectivity index (χ3n) is 4.58. The molecule has 0 fully saturated rings. The van der Waals surface area contributed by atoms with Crippen LogP contribution >= 0.6 is 11.8 Å². The van der Waals surface area contributed by atoms with Crippen molar-refractivity contribution in [2.24, 2.45) is 4.99 Å². The molecule has 1 aromatic heterocycles. The minimum Gasteiger partial charge on any atom is -0.353 e. The monoisotopic (exact) mass is 327 g/mol. The van der Waals surface area contributed by atoms with E-state index < -0.39 is 0 Å². The van der Waals surface area contributed by atoms with Gasteiger partial charge in [-0.1, -0.05) is 66.4 Å². The summed E-state index contributed by atoms with van der Waals surface area (Å²) in [6.07, 6.45) is 8.33. The number of hydrogen-bond acceptors (Lipinski definition) is 3. The average Bonchev–Trinajstić information content (AvgIpc) is 3.20. The number of aromatic amines is 1. The largest absolute Gasteiger partial charge is 0.353 e. The molecule has 0 radical (unpaired) electrons. The molecule has 0 saturated carbocycles. The van der Waals surface area contributed by atoms with Crippen molar-refractivity contribution in [1.29, 1.82) is 5.26 Å². The van der Waals surface area contributed by atoms with Gasteiger partial charge in [-0.3, -0.25) is 4.99 Å². The number of fused-ring (bicyclic) bond motifs is 1. The Morgan fingerprint density at radius 3 is 2.79 bits per heavy atom. The van der Waals surface area contributed by atoms with Gasteiger partial charge in [0.2, 0.25) is 0 Å². The van der Waals surface area contributed by atoms with E-state index in [0.29, 0.717) is 10.8 Å². The van der Waals surface area contributed by atoms with Crippen molar-refractivity contribution < 1.29 is 0 Å². The zero-order valence-corrected chi connectivity index (χ0v) is 13.5. The minimum atomic E-state index is 0.138. The standard InChI is InChI=1S/C20H13N3S/c21-11-14(20-23-15-8-1-2-10-17(15)24-20)19-13-7-3-5-12-6-4-9-16(22-19)18(12)13/h1-10,15,17,22H. The predicted molar refractivity (Wildman–Crippen MR) is 101 cm³/mol. The number of allylic oxidation sites excluding steroid dienone is 2. The highest BCUT2D eigenvalue weighted by atomic mass is 32.2. The van der Waals surface area contributed by atoms with Crippen molar-refractivity contribution in [3.05, 3.63) is 66.1 Å². The highest BCUT2D eigenvalue weighted by Crippen LogP contribution is 2.34. The van der Waals surface area contributed by atoms with Crippen LogP contribution in [0, 0.1) is 11.3 Å². The molecule has 0 amide bonds. The summed E-state index contributed by atoms with van der Waals surface area (Å²) in [5.74, 6) is 0. The van der Waals surface area contributed by atoms with Crippen molar-refractivity contribution in [2.75, 3.05) is 0 Å². The number of hydrogen-bond donors (Lipinski definition) is 1. The van der Waals surface area contributed by atoms with Crippen molar-refractivity contribution >= 4 is 44.1 Å². The lowest BCUT2D eigenvalue weighted by Gasteiger charge is -2.10. The molecule has 3 aromatic rings. The van der Waals surface area contributed by atoms with Gasteiger partial charge in [-0.25, -0.2) is 0 Å². The first kappa shape index (κ1) is 13.6. The Kier molecular flexibility index (Phi) is 2.91. The van der Waals surface area contributed by atoms with Crippen LogP contribution in [0.25, 0.3) is 27.2 Å². The van der Waals surface area contributed by atoms with Gasteiger partial charge in [-0.05, 0) is 11.5 Å². The van der Waals surface area contributed by atoms with Gasteiger partial charge in [-0.15, -0.1) is 0 Å². The minimum absolute atomic E-state index is 0.138. The van der Waals surface area contributed by atoms with E-state index in [1.165, 1.54) is 10.8 Å². The lowest BCUT2D eigenvalue weighted by Crippen LogP contribution is -2.13. The fourth-order valence-electron chi connectivity index (χ4n) is 3.48. The number of nitriles is 1. The molecule has 5 rings (SSSR count). The third-order valence-corrected chi connectivity index (χ3v) is 5.82. The van der Waals surface area contributed by atoms with Crippen LogP contribution < -0.4 is 5.35 Å². The predicted octanol–water partition coefficient (Wildman–Crippen LogP) is 3.72. The number of H-pyrrole nitrogens is 1. The second-order valence-corrected chi connectivity index (χ2v) is 7.14. The number of nitrogens with one attached hydrogen (secondary N) is 1. The highest BCUT2D eigenvalue weighted by Gasteiger charge is 2.30. The van der Waals surface area contributed by atoms with E-state index in [9.17, 15) is 5.26 Å². The summed E-state index contributed by atoms with van der Waals surface area (Å²) < 4.78 is 0. The van der Waals surface area contributed by atoms with Crippen LogP contribution in [0.3, 0.4) is 0 Å². The van der Waals surface area contributed by atoms with Crippen LogP contribution in [-0.4, -0.2) is 21.3 Å². The molecule has 24 heavy (non-hydrogen) atoms. The van der Waals surface area contributed by atoms with Crippen molar-refractivity contribution in [3.8, 4) is 6.07 Å². The fourth-order valence-corrected chi connectivity index (χ4v) is 4.65. The van der Waals surface area contributed by atoms with E-state index >= 15 is 0 Å². The summed E-state index contributed by atoms with van der Waals surface area (Å²) in [4.78, 5) is 8.22. The molecule has 1 aliphatic carbocycles. The second kappa shape index (κ2) is 5.12. The molecular weight excluding hydrogens is 314 g/mol. The quantitative estimate of drug-likeness (QED) is 0.740. The number of nitrogens with zero attached hydrogens (tertiary/aromatic N) is 2. The Morgan fingerprint density at radius 1 is 1.12 bits per heavy atom. The Morgan fingerprint density at radius 2 is 1.96 bits per heavy atom. The van der Waals surface area contributed by atoms with Gasteiger partial charge in [-0.2, -0.15) is 5.26 Å². The topological polar surface area (TPSA) is 51.9 Å². The molecule has 4 heteroatoms.